The molecular weight excluding hydrogens is 410 g/mol. The summed E-state index contributed by atoms with van der Waals surface area (Å²) in [4.78, 5) is 27.7. The lowest BCUT2D eigenvalue weighted by Gasteiger charge is -2.30. The highest BCUT2D eigenvalue weighted by molar-refractivity contribution is 6.33. The van der Waals surface area contributed by atoms with Gasteiger partial charge in [-0.1, -0.05) is 61.2 Å². The molecule has 1 saturated carbocycles. The number of likely N-dealkylation sites (tertiary alicyclic amines) is 1. The van der Waals surface area contributed by atoms with Crippen LogP contribution in [0, 0.1) is 5.92 Å². The monoisotopic (exact) mass is 439 g/mol. The maximum absolute atomic E-state index is 13.0. The van der Waals surface area contributed by atoms with Crippen LogP contribution in [0.5, 0.6) is 0 Å². The van der Waals surface area contributed by atoms with E-state index in [-0.39, 0.29) is 23.8 Å². The number of rotatable bonds is 6. The van der Waals surface area contributed by atoms with Gasteiger partial charge in [0.1, 0.15) is 6.04 Å². The molecule has 1 aliphatic heterocycles. The van der Waals surface area contributed by atoms with Gasteiger partial charge in [0, 0.05) is 24.7 Å². The molecule has 164 valence electrons. The standard InChI is InChI=1S/C25H30ClN3O2/c26-21-16-20(13-14-22(21)27-17-18-8-3-1-4-9-18)28-24(30)23-12-7-15-29(23)25(31)19-10-5-2-6-11-19/h1,3-4,8-9,13-14,16,19,23,27H,2,5-7,10-12,15,17H2,(H,28,30). The average Bonchev–Trinajstić information content (AvgIpc) is 3.29. The minimum atomic E-state index is -0.385. The van der Waals surface area contributed by atoms with Crippen molar-refractivity contribution in [3.8, 4) is 0 Å². The van der Waals surface area contributed by atoms with Gasteiger partial charge in [-0.05, 0) is 49.4 Å². The summed E-state index contributed by atoms with van der Waals surface area (Å²) < 4.78 is 0. The first-order valence-electron chi connectivity index (χ1n) is 11.3. The maximum Gasteiger partial charge on any atom is 0.247 e. The van der Waals surface area contributed by atoms with Crippen molar-refractivity contribution < 1.29 is 9.59 Å². The smallest absolute Gasteiger partial charge is 0.247 e. The van der Waals surface area contributed by atoms with E-state index >= 15 is 0 Å². The number of anilines is 2. The molecule has 5 nitrogen and oxygen atoms in total. The zero-order chi connectivity index (χ0) is 21.6. The van der Waals surface area contributed by atoms with Gasteiger partial charge in [-0.15, -0.1) is 0 Å². The number of amides is 2. The summed E-state index contributed by atoms with van der Waals surface area (Å²) >= 11 is 6.44. The number of carbonyl (C=O) groups excluding carboxylic acids is 2. The molecule has 0 bridgehead atoms. The number of nitrogens with zero attached hydrogens (tertiary/aromatic N) is 1. The first-order valence-corrected chi connectivity index (χ1v) is 11.7. The second-order valence-corrected chi connectivity index (χ2v) is 8.95. The van der Waals surface area contributed by atoms with Gasteiger partial charge >= 0.3 is 0 Å². The Morgan fingerprint density at radius 2 is 1.74 bits per heavy atom. The number of halogens is 1. The van der Waals surface area contributed by atoms with Gasteiger partial charge < -0.3 is 15.5 Å². The molecule has 1 aliphatic carbocycles. The Bertz CT molecular complexity index is 912. The van der Waals surface area contributed by atoms with Crippen LogP contribution in [-0.2, 0) is 16.1 Å². The number of hydrogen-bond donors (Lipinski definition) is 2. The molecule has 2 amide bonds. The molecule has 2 aliphatic rings. The van der Waals surface area contributed by atoms with Gasteiger partial charge in [-0.2, -0.15) is 0 Å². The molecule has 0 radical (unpaired) electrons. The van der Waals surface area contributed by atoms with E-state index in [1.54, 1.807) is 6.07 Å². The predicted octanol–water partition coefficient (Wildman–Crippen LogP) is 5.46. The Hall–Kier alpha value is -2.53. The van der Waals surface area contributed by atoms with Gasteiger partial charge in [0.15, 0.2) is 0 Å². The lowest BCUT2D eigenvalue weighted by molar-refractivity contribution is -0.141. The van der Waals surface area contributed by atoms with Gasteiger partial charge in [0.2, 0.25) is 11.8 Å². The van der Waals surface area contributed by atoms with Crippen LogP contribution in [0.2, 0.25) is 5.02 Å². The van der Waals surface area contributed by atoms with Crippen molar-refractivity contribution in [1.29, 1.82) is 0 Å². The molecule has 6 heteroatoms. The molecule has 1 saturated heterocycles. The van der Waals surface area contributed by atoms with Crippen molar-refractivity contribution in [3.05, 3.63) is 59.1 Å². The normalized spacial score (nSPS) is 19.3. The second kappa shape index (κ2) is 10.2. The third-order valence-electron chi connectivity index (χ3n) is 6.36. The van der Waals surface area contributed by atoms with Crippen LogP contribution in [0.3, 0.4) is 0 Å². The Morgan fingerprint density at radius 3 is 2.48 bits per heavy atom. The van der Waals surface area contributed by atoms with E-state index in [9.17, 15) is 9.59 Å². The highest BCUT2D eigenvalue weighted by Gasteiger charge is 2.37. The quantitative estimate of drug-likeness (QED) is 0.628. The third-order valence-corrected chi connectivity index (χ3v) is 6.67. The lowest BCUT2D eigenvalue weighted by Crippen LogP contribution is -2.46. The van der Waals surface area contributed by atoms with Crippen LogP contribution >= 0.6 is 11.6 Å². The molecule has 2 N–H and O–H groups in total. The molecular formula is C25H30ClN3O2. The SMILES string of the molecule is O=C(Nc1ccc(NCc2ccccc2)c(Cl)c1)C1CCCN1C(=O)C1CCCCC1. The van der Waals surface area contributed by atoms with E-state index in [4.69, 9.17) is 11.6 Å². The second-order valence-electron chi connectivity index (χ2n) is 8.55. The van der Waals surface area contributed by atoms with Crippen molar-refractivity contribution in [2.45, 2.75) is 57.5 Å². The Labute approximate surface area is 189 Å². The zero-order valence-corrected chi connectivity index (χ0v) is 18.5. The molecule has 2 aromatic rings. The van der Waals surface area contributed by atoms with Crippen molar-refractivity contribution in [3.63, 3.8) is 0 Å². The van der Waals surface area contributed by atoms with Gasteiger partial charge in [0.05, 0.1) is 10.7 Å². The molecule has 4 rings (SSSR count). The summed E-state index contributed by atoms with van der Waals surface area (Å²) in [5, 5.41) is 6.85. The topological polar surface area (TPSA) is 61.4 Å². The van der Waals surface area contributed by atoms with E-state index in [2.05, 4.69) is 22.8 Å². The van der Waals surface area contributed by atoms with Crippen LogP contribution in [0.1, 0.15) is 50.5 Å². The number of benzene rings is 2. The molecule has 1 atom stereocenters. The zero-order valence-electron chi connectivity index (χ0n) is 17.8. The van der Waals surface area contributed by atoms with Gasteiger partial charge in [-0.3, -0.25) is 9.59 Å². The number of carbonyl (C=O) groups is 2. The summed E-state index contributed by atoms with van der Waals surface area (Å²) in [6.45, 7) is 1.35. The fraction of sp³-hybridized carbons (Fsp3) is 0.440. The summed E-state index contributed by atoms with van der Waals surface area (Å²) in [5.41, 5.74) is 2.63. The number of hydrogen-bond acceptors (Lipinski definition) is 3. The van der Waals surface area contributed by atoms with Crippen LogP contribution in [0.15, 0.2) is 48.5 Å². The summed E-state index contributed by atoms with van der Waals surface area (Å²) in [6.07, 6.45) is 6.95. The summed E-state index contributed by atoms with van der Waals surface area (Å²) in [5.74, 6) is 0.130. The minimum absolute atomic E-state index is 0.0894. The van der Waals surface area contributed by atoms with E-state index in [0.29, 0.717) is 23.8 Å². The average molecular weight is 440 g/mol. The van der Waals surface area contributed by atoms with Gasteiger partial charge in [-0.25, -0.2) is 0 Å². The fourth-order valence-electron chi connectivity index (χ4n) is 4.64. The highest BCUT2D eigenvalue weighted by Crippen LogP contribution is 2.30. The first-order chi connectivity index (χ1) is 15.1. The molecule has 0 aromatic heterocycles. The van der Waals surface area contributed by atoms with Crippen molar-refractivity contribution in [1.82, 2.24) is 4.90 Å². The third kappa shape index (κ3) is 5.40. The molecule has 2 aromatic carbocycles. The van der Waals surface area contributed by atoms with Gasteiger partial charge in [0.25, 0.3) is 0 Å². The summed E-state index contributed by atoms with van der Waals surface area (Å²) in [6, 6.07) is 15.2. The predicted molar refractivity (Wildman–Crippen MR) is 125 cm³/mol. The maximum atomic E-state index is 13.0. The van der Waals surface area contributed by atoms with Crippen LogP contribution in [0.4, 0.5) is 11.4 Å². The van der Waals surface area contributed by atoms with Crippen LogP contribution < -0.4 is 10.6 Å². The largest absolute Gasteiger partial charge is 0.380 e. The van der Waals surface area contributed by atoms with Crippen LogP contribution in [0.25, 0.3) is 0 Å². The van der Waals surface area contributed by atoms with Crippen molar-refractivity contribution >= 4 is 34.8 Å². The van der Waals surface area contributed by atoms with E-state index < -0.39 is 0 Å². The first kappa shape index (κ1) is 21.7. The van der Waals surface area contributed by atoms with Crippen molar-refractivity contribution in [2.75, 3.05) is 17.2 Å². The van der Waals surface area contributed by atoms with E-state index in [0.717, 1.165) is 44.2 Å². The van der Waals surface area contributed by atoms with Crippen molar-refractivity contribution in [2.24, 2.45) is 5.92 Å². The molecule has 0 spiro atoms. The van der Waals surface area contributed by atoms with Crippen LogP contribution in [-0.4, -0.2) is 29.3 Å². The minimum Gasteiger partial charge on any atom is -0.380 e. The summed E-state index contributed by atoms with van der Waals surface area (Å²) in [7, 11) is 0. The molecule has 1 heterocycles. The number of nitrogens with one attached hydrogen (secondary N) is 2. The Kier molecular flexibility index (Phi) is 7.13. The molecule has 1 unspecified atom stereocenters. The van der Waals surface area contributed by atoms with E-state index in [1.165, 1.54) is 12.0 Å². The molecule has 31 heavy (non-hydrogen) atoms. The van der Waals surface area contributed by atoms with E-state index in [1.807, 2.05) is 35.2 Å². The Balaban J connectivity index is 1.36. The molecule has 2 fully saturated rings. The Morgan fingerprint density at radius 1 is 0.968 bits per heavy atom. The highest BCUT2D eigenvalue weighted by atomic mass is 35.5. The fourth-order valence-corrected chi connectivity index (χ4v) is 4.89. The lowest BCUT2D eigenvalue weighted by atomic mass is 9.88.